The van der Waals surface area contributed by atoms with Crippen LogP contribution in [0.3, 0.4) is 0 Å². The second kappa shape index (κ2) is 6.17. The number of rotatable bonds is 4. The minimum absolute atomic E-state index is 0.114. The smallest absolute Gasteiger partial charge is 0.146 e. The lowest BCUT2D eigenvalue weighted by Crippen LogP contribution is -2.06. The van der Waals surface area contributed by atoms with Gasteiger partial charge in [-0.25, -0.2) is 13.2 Å². The van der Waals surface area contributed by atoms with Crippen LogP contribution in [0.4, 0.5) is 18.9 Å². The van der Waals surface area contributed by atoms with Gasteiger partial charge in [-0.3, -0.25) is 0 Å². The fourth-order valence-electron chi connectivity index (χ4n) is 1.68. The van der Waals surface area contributed by atoms with Gasteiger partial charge in [-0.1, -0.05) is 0 Å². The maximum absolute atomic E-state index is 13.8. The molecule has 20 heavy (non-hydrogen) atoms. The summed E-state index contributed by atoms with van der Waals surface area (Å²) in [5, 5.41) is 2.66. The summed E-state index contributed by atoms with van der Waals surface area (Å²) >= 11 is 2.98. The highest BCUT2D eigenvalue weighted by molar-refractivity contribution is 9.10. The number of methoxy groups -OCH3 is 1. The second-order valence-electron chi connectivity index (χ2n) is 4.02. The Kier molecular flexibility index (Phi) is 4.54. The predicted octanol–water partition coefficient (Wildman–Crippen LogP) is 4.49. The lowest BCUT2D eigenvalue weighted by atomic mass is 10.2. The number of ether oxygens (including phenoxy) is 1. The van der Waals surface area contributed by atoms with Crippen LogP contribution >= 0.6 is 15.9 Å². The maximum atomic E-state index is 13.8. The van der Waals surface area contributed by atoms with Gasteiger partial charge < -0.3 is 10.1 Å². The van der Waals surface area contributed by atoms with Gasteiger partial charge in [0.25, 0.3) is 0 Å². The number of hydrogen-bond acceptors (Lipinski definition) is 2. The van der Waals surface area contributed by atoms with Crippen molar-refractivity contribution in [2.45, 2.75) is 6.54 Å². The molecule has 0 amide bonds. The summed E-state index contributed by atoms with van der Waals surface area (Å²) in [6, 6.07) is 6.52. The summed E-state index contributed by atoms with van der Waals surface area (Å²) in [5.74, 6) is -1.48. The number of nitrogens with one attached hydrogen (secondary N) is 1. The fraction of sp³-hybridized carbons (Fsp3) is 0.143. The Hall–Kier alpha value is -1.69. The molecule has 0 spiro atoms. The first-order chi connectivity index (χ1) is 9.52. The van der Waals surface area contributed by atoms with Gasteiger partial charge in [0.05, 0.1) is 17.3 Å². The molecule has 106 valence electrons. The molecule has 0 aliphatic rings. The van der Waals surface area contributed by atoms with Gasteiger partial charge in [0.1, 0.15) is 23.2 Å². The summed E-state index contributed by atoms with van der Waals surface area (Å²) in [6.45, 7) is -0.179. The third kappa shape index (κ3) is 3.07. The number of halogens is 4. The Balaban J connectivity index is 2.23. The first kappa shape index (κ1) is 14.7. The summed E-state index contributed by atoms with van der Waals surface area (Å²) in [7, 11) is 1.45. The Morgan fingerprint density at radius 3 is 2.50 bits per heavy atom. The van der Waals surface area contributed by atoms with Crippen molar-refractivity contribution in [2.24, 2.45) is 0 Å². The minimum Gasteiger partial charge on any atom is -0.497 e. The number of hydrogen-bond donors (Lipinski definition) is 1. The molecule has 0 saturated carbocycles. The average Bonchev–Trinajstić information content (AvgIpc) is 2.45. The van der Waals surface area contributed by atoms with Crippen LogP contribution in [0, 0.1) is 17.5 Å². The largest absolute Gasteiger partial charge is 0.497 e. The van der Waals surface area contributed by atoms with E-state index in [0.717, 1.165) is 6.07 Å². The number of anilines is 1. The van der Waals surface area contributed by atoms with Crippen LogP contribution in [0.2, 0.25) is 0 Å². The van der Waals surface area contributed by atoms with E-state index in [9.17, 15) is 13.2 Å². The molecular formula is C14H11BrF3NO. The highest BCUT2D eigenvalue weighted by atomic mass is 79.9. The molecule has 0 aliphatic carbocycles. The van der Waals surface area contributed by atoms with Gasteiger partial charge >= 0.3 is 0 Å². The Bertz CT molecular complexity index is 634. The molecule has 0 aliphatic heterocycles. The topological polar surface area (TPSA) is 21.3 Å². The SMILES string of the molecule is COc1ccc(F)c(NCc2c(F)ccc(Br)c2F)c1. The maximum Gasteiger partial charge on any atom is 0.146 e. The van der Waals surface area contributed by atoms with E-state index < -0.39 is 17.5 Å². The van der Waals surface area contributed by atoms with Crippen LogP contribution < -0.4 is 10.1 Å². The van der Waals surface area contributed by atoms with Crippen molar-refractivity contribution in [3.05, 3.63) is 57.8 Å². The predicted molar refractivity (Wildman–Crippen MR) is 74.3 cm³/mol. The average molecular weight is 346 g/mol. The molecule has 0 unspecified atom stereocenters. The quantitative estimate of drug-likeness (QED) is 0.824. The van der Waals surface area contributed by atoms with Crippen LogP contribution in [0.1, 0.15) is 5.56 Å². The van der Waals surface area contributed by atoms with Gasteiger partial charge in [0.2, 0.25) is 0 Å². The van der Waals surface area contributed by atoms with Crippen molar-refractivity contribution in [3.63, 3.8) is 0 Å². The van der Waals surface area contributed by atoms with Gasteiger partial charge in [-0.15, -0.1) is 0 Å². The molecule has 2 rings (SSSR count). The van der Waals surface area contributed by atoms with E-state index in [1.807, 2.05) is 0 Å². The lowest BCUT2D eigenvalue weighted by molar-refractivity contribution is 0.414. The zero-order valence-electron chi connectivity index (χ0n) is 10.5. The van der Waals surface area contributed by atoms with Gasteiger partial charge in [0.15, 0.2) is 0 Å². The van der Waals surface area contributed by atoms with Crippen LogP contribution in [-0.4, -0.2) is 7.11 Å². The van der Waals surface area contributed by atoms with Crippen LogP contribution in [0.15, 0.2) is 34.8 Å². The Labute approximate surface area is 122 Å². The monoisotopic (exact) mass is 345 g/mol. The Morgan fingerprint density at radius 1 is 1.10 bits per heavy atom. The first-order valence-corrected chi connectivity index (χ1v) is 6.52. The molecule has 1 N–H and O–H groups in total. The lowest BCUT2D eigenvalue weighted by Gasteiger charge is -2.11. The first-order valence-electron chi connectivity index (χ1n) is 5.72. The number of benzene rings is 2. The molecule has 0 fully saturated rings. The van der Waals surface area contributed by atoms with E-state index in [2.05, 4.69) is 21.2 Å². The third-order valence-electron chi connectivity index (χ3n) is 2.77. The molecule has 6 heteroatoms. The summed E-state index contributed by atoms with van der Waals surface area (Å²) in [6.07, 6.45) is 0. The van der Waals surface area contributed by atoms with E-state index in [0.29, 0.717) is 5.75 Å². The van der Waals surface area contributed by atoms with Crippen molar-refractivity contribution in [1.29, 1.82) is 0 Å². The van der Waals surface area contributed by atoms with Crippen molar-refractivity contribution < 1.29 is 17.9 Å². The Morgan fingerprint density at radius 2 is 1.80 bits per heavy atom. The van der Waals surface area contributed by atoms with Crippen molar-refractivity contribution >= 4 is 21.6 Å². The van der Waals surface area contributed by atoms with E-state index >= 15 is 0 Å². The van der Waals surface area contributed by atoms with Crippen molar-refractivity contribution in [3.8, 4) is 5.75 Å². The van der Waals surface area contributed by atoms with E-state index in [4.69, 9.17) is 4.74 Å². The van der Waals surface area contributed by atoms with Gasteiger partial charge in [-0.2, -0.15) is 0 Å². The molecule has 2 aromatic rings. The molecule has 0 heterocycles. The zero-order chi connectivity index (χ0) is 14.7. The highest BCUT2D eigenvalue weighted by Gasteiger charge is 2.13. The standard InChI is InChI=1S/C14H11BrF3NO/c1-20-8-2-4-12(17)13(6-8)19-7-9-11(16)5-3-10(15)14(9)18/h2-6,19H,7H2,1H3. The minimum atomic E-state index is -0.708. The molecule has 0 atom stereocenters. The molecule has 0 aromatic heterocycles. The van der Waals surface area contributed by atoms with E-state index in [1.165, 1.54) is 31.4 Å². The van der Waals surface area contributed by atoms with Crippen molar-refractivity contribution in [1.82, 2.24) is 0 Å². The second-order valence-corrected chi connectivity index (χ2v) is 4.88. The fourth-order valence-corrected chi connectivity index (χ4v) is 2.05. The third-order valence-corrected chi connectivity index (χ3v) is 3.38. The molecule has 2 nitrogen and oxygen atoms in total. The molecule has 0 saturated heterocycles. The van der Waals surface area contributed by atoms with Gasteiger partial charge in [0, 0.05) is 18.2 Å². The van der Waals surface area contributed by atoms with Crippen LogP contribution in [-0.2, 0) is 6.54 Å². The van der Waals surface area contributed by atoms with Gasteiger partial charge in [-0.05, 0) is 40.2 Å². The highest BCUT2D eigenvalue weighted by Crippen LogP contribution is 2.25. The molecular weight excluding hydrogens is 335 g/mol. The molecule has 0 bridgehead atoms. The summed E-state index contributed by atoms with van der Waals surface area (Å²) < 4.78 is 46.0. The summed E-state index contributed by atoms with van der Waals surface area (Å²) in [5.41, 5.74) is -0.0512. The van der Waals surface area contributed by atoms with Crippen molar-refractivity contribution in [2.75, 3.05) is 12.4 Å². The van der Waals surface area contributed by atoms with Crippen LogP contribution in [0.25, 0.3) is 0 Å². The zero-order valence-corrected chi connectivity index (χ0v) is 12.1. The van der Waals surface area contributed by atoms with Crippen LogP contribution in [0.5, 0.6) is 5.75 Å². The normalized spacial score (nSPS) is 10.4. The summed E-state index contributed by atoms with van der Waals surface area (Å²) in [4.78, 5) is 0. The van der Waals surface area contributed by atoms with E-state index in [-0.39, 0.29) is 22.3 Å². The molecule has 2 aromatic carbocycles. The van der Waals surface area contributed by atoms with E-state index in [1.54, 1.807) is 0 Å². The molecule has 0 radical (unpaired) electrons.